The Morgan fingerprint density at radius 3 is 2.74 bits per heavy atom. The Labute approximate surface area is 162 Å². The highest BCUT2D eigenvalue weighted by Crippen LogP contribution is 2.22. The molecule has 1 fully saturated rings. The van der Waals surface area contributed by atoms with Gasteiger partial charge in [-0.15, -0.1) is 5.10 Å². The van der Waals surface area contributed by atoms with E-state index in [2.05, 4.69) is 5.10 Å². The van der Waals surface area contributed by atoms with Gasteiger partial charge in [-0.3, -0.25) is 4.90 Å². The number of sulfone groups is 1. The molecule has 0 bridgehead atoms. The van der Waals surface area contributed by atoms with Crippen molar-refractivity contribution in [2.24, 2.45) is 0 Å². The Morgan fingerprint density at radius 1 is 1.44 bits per heavy atom. The van der Waals surface area contributed by atoms with Gasteiger partial charge in [0.1, 0.15) is 11.6 Å². The summed E-state index contributed by atoms with van der Waals surface area (Å²) in [6.07, 6.45) is 0.0958. The predicted octanol–water partition coefficient (Wildman–Crippen LogP) is 2.95. The predicted molar refractivity (Wildman–Crippen MR) is 100 cm³/mol. The van der Waals surface area contributed by atoms with Crippen molar-refractivity contribution < 1.29 is 22.0 Å². The lowest BCUT2D eigenvalue weighted by molar-refractivity contribution is 0.161. The second-order valence-electron chi connectivity index (χ2n) is 6.52. The van der Waals surface area contributed by atoms with Gasteiger partial charge in [0.25, 0.3) is 10.7 Å². The lowest BCUT2D eigenvalue weighted by Gasteiger charge is -2.25. The molecular formula is C17H22FN3O4S2. The number of nitrogens with zero attached hydrogens (tertiary/aromatic N) is 3. The fraction of sp³-hybridized carbons (Fsp3) is 0.529. The number of benzene rings is 1. The van der Waals surface area contributed by atoms with Gasteiger partial charge in [-0.1, -0.05) is 6.92 Å². The maximum Gasteiger partial charge on any atom is 0.288 e. The molecule has 1 aliphatic rings. The van der Waals surface area contributed by atoms with E-state index in [0.717, 1.165) is 0 Å². The van der Waals surface area contributed by atoms with Gasteiger partial charge in [-0.2, -0.15) is 0 Å². The number of hydrogen-bond acceptors (Lipinski definition) is 7. The van der Waals surface area contributed by atoms with E-state index in [9.17, 15) is 12.8 Å². The van der Waals surface area contributed by atoms with Crippen LogP contribution in [0.2, 0.25) is 0 Å². The van der Waals surface area contributed by atoms with Crippen LogP contribution in [0.25, 0.3) is 0 Å². The molecule has 0 saturated carbocycles. The van der Waals surface area contributed by atoms with Crippen LogP contribution < -0.4 is 4.74 Å². The Bertz CT molecular complexity index is 940. The summed E-state index contributed by atoms with van der Waals surface area (Å²) in [5, 5.41) is 4.37. The molecule has 7 nitrogen and oxygen atoms in total. The Balaban J connectivity index is 1.69. The summed E-state index contributed by atoms with van der Waals surface area (Å²) in [5.41, 5.74) is 0. The number of aromatic nitrogens is 2. The summed E-state index contributed by atoms with van der Waals surface area (Å²) < 4.78 is 49.3. The van der Waals surface area contributed by atoms with Gasteiger partial charge in [-0.05, 0) is 56.4 Å². The molecule has 0 radical (unpaired) electrons. The Morgan fingerprint density at radius 2 is 2.15 bits per heavy atom. The molecule has 0 N–H and O–H groups in total. The fourth-order valence-electron chi connectivity index (χ4n) is 3.05. The third-order valence-electron chi connectivity index (χ3n) is 4.54. The van der Waals surface area contributed by atoms with Gasteiger partial charge < -0.3 is 9.15 Å². The first-order valence-corrected chi connectivity index (χ1v) is 10.9. The second kappa shape index (κ2) is 8.07. The van der Waals surface area contributed by atoms with Crippen LogP contribution in [-0.4, -0.2) is 47.2 Å². The van der Waals surface area contributed by atoms with Gasteiger partial charge in [0, 0.05) is 6.04 Å². The Hall–Kier alpha value is -1.78. The largest absolute Gasteiger partial charge is 0.481 e. The van der Waals surface area contributed by atoms with E-state index in [-0.39, 0.29) is 28.2 Å². The maximum absolute atomic E-state index is 13.0. The van der Waals surface area contributed by atoms with Crippen molar-refractivity contribution in [1.82, 2.24) is 14.7 Å². The number of halogens is 1. The smallest absolute Gasteiger partial charge is 0.288 e. The molecule has 1 aromatic carbocycles. The number of hydrogen-bond donors (Lipinski definition) is 0. The van der Waals surface area contributed by atoms with Crippen molar-refractivity contribution in [3.63, 3.8) is 0 Å². The van der Waals surface area contributed by atoms with Crippen molar-refractivity contribution in [2.45, 2.75) is 39.1 Å². The first-order valence-electron chi connectivity index (χ1n) is 8.72. The zero-order chi connectivity index (χ0) is 19.6. The molecule has 27 heavy (non-hydrogen) atoms. The van der Waals surface area contributed by atoms with Crippen molar-refractivity contribution in [3.8, 4) is 5.75 Å². The molecule has 0 aliphatic carbocycles. The topological polar surface area (TPSA) is 77.6 Å². The minimum atomic E-state index is -2.97. The van der Waals surface area contributed by atoms with E-state index in [0.29, 0.717) is 31.3 Å². The van der Waals surface area contributed by atoms with E-state index >= 15 is 0 Å². The van der Waals surface area contributed by atoms with E-state index in [4.69, 9.17) is 21.4 Å². The van der Waals surface area contributed by atoms with Gasteiger partial charge in [-0.25, -0.2) is 17.5 Å². The van der Waals surface area contributed by atoms with Crippen molar-refractivity contribution in [3.05, 3.63) is 40.8 Å². The fourth-order valence-corrected chi connectivity index (χ4v) is 5.00. The number of rotatable bonds is 7. The van der Waals surface area contributed by atoms with Crippen LogP contribution in [0.5, 0.6) is 5.75 Å². The van der Waals surface area contributed by atoms with Crippen molar-refractivity contribution in [1.29, 1.82) is 0 Å². The van der Waals surface area contributed by atoms with Crippen molar-refractivity contribution in [2.75, 3.05) is 18.1 Å². The van der Waals surface area contributed by atoms with E-state index in [1.54, 1.807) is 6.92 Å². The summed E-state index contributed by atoms with van der Waals surface area (Å²) >= 11 is 5.24. The molecule has 3 rings (SSSR count). The quantitative estimate of drug-likeness (QED) is 0.644. The summed E-state index contributed by atoms with van der Waals surface area (Å²) in [4.78, 5) is 2.22. The van der Waals surface area contributed by atoms with Gasteiger partial charge in [0.15, 0.2) is 15.9 Å². The summed E-state index contributed by atoms with van der Waals surface area (Å²) in [6.45, 7) is 4.75. The van der Waals surface area contributed by atoms with Gasteiger partial charge in [0.05, 0.1) is 18.2 Å². The minimum absolute atomic E-state index is 0.0464. The lowest BCUT2D eigenvalue weighted by Crippen LogP contribution is -2.37. The van der Waals surface area contributed by atoms with Crippen molar-refractivity contribution >= 4 is 22.1 Å². The highest BCUT2D eigenvalue weighted by Gasteiger charge is 2.32. The van der Waals surface area contributed by atoms with E-state index < -0.39 is 15.9 Å². The standard InChI is InChI=1S/C17H22FN3O4S2/c1-3-20(14-8-9-27(22,23)10-14)11-21-17(26)25-16(19-21)12(2)24-15-6-4-13(18)5-7-15/h4-7,12,14H,3,8-11H2,1-2H3/t12-,14+/m0/s1. The first-order chi connectivity index (χ1) is 12.8. The van der Waals surface area contributed by atoms with Crippen LogP contribution >= 0.6 is 12.2 Å². The normalized spacial score (nSPS) is 20.1. The zero-order valence-electron chi connectivity index (χ0n) is 15.2. The maximum atomic E-state index is 13.0. The van der Waals surface area contributed by atoms with Crippen LogP contribution in [0.15, 0.2) is 28.7 Å². The molecule has 0 unspecified atom stereocenters. The Kier molecular flexibility index (Phi) is 5.97. The zero-order valence-corrected chi connectivity index (χ0v) is 16.8. The lowest BCUT2D eigenvalue weighted by atomic mass is 10.2. The minimum Gasteiger partial charge on any atom is -0.481 e. The second-order valence-corrected chi connectivity index (χ2v) is 9.10. The molecule has 1 aromatic heterocycles. The first kappa shape index (κ1) is 20.0. The molecular weight excluding hydrogens is 393 g/mol. The average molecular weight is 416 g/mol. The molecule has 148 valence electrons. The van der Waals surface area contributed by atoms with Gasteiger partial charge in [0.2, 0.25) is 0 Å². The third kappa shape index (κ3) is 4.94. The molecule has 0 spiro atoms. The van der Waals surface area contributed by atoms with Crippen LogP contribution in [0.4, 0.5) is 4.39 Å². The van der Waals surface area contributed by atoms with Crippen LogP contribution in [0.1, 0.15) is 32.3 Å². The molecule has 1 saturated heterocycles. The molecule has 2 aromatic rings. The van der Waals surface area contributed by atoms with Crippen LogP contribution in [0, 0.1) is 10.7 Å². The number of ether oxygens (including phenoxy) is 1. The molecule has 1 aliphatic heterocycles. The van der Waals surface area contributed by atoms with Crippen LogP contribution in [-0.2, 0) is 16.5 Å². The summed E-state index contributed by atoms with van der Waals surface area (Å²) in [6, 6.07) is 5.62. The molecule has 2 heterocycles. The highest BCUT2D eigenvalue weighted by molar-refractivity contribution is 7.91. The highest BCUT2D eigenvalue weighted by atomic mass is 32.2. The molecule has 2 atom stereocenters. The van der Waals surface area contributed by atoms with Crippen LogP contribution in [0.3, 0.4) is 0 Å². The van der Waals surface area contributed by atoms with Gasteiger partial charge >= 0.3 is 0 Å². The van der Waals surface area contributed by atoms with E-state index in [1.807, 2.05) is 11.8 Å². The monoisotopic (exact) mass is 415 g/mol. The summed E-state index contributed by atoms with van der Waals surface area (Å²) in [7, 11) is -2.97. The summed E-state index contributed by atoms with van der Waals surface area (Å²) in [5.74, 6) is 0.825. The SMILES string of the molecule is CCN(Cn1nc([C@H](C)Oc2ccc(F)cc2)oc1=S)[C@@H]1CCS(=O)(=O)C1. The molecule has 0 amide bonds. The van der Waals surface area contributed by atoms with E-state index in [1.165, 1.54) is 28.9 Å². The average Bonchev–Trinajstić information content (AvgIpc) is 3.17. The molecule has 10 heteroatoms. The third-order valence-corrected chi connectivity index (χ3v) is 6.59.